The van der Waals surface area contributed by atoms with Crippen molar-refractivity contribution >= 4 is 45.3 Å². The minimum absolute atomic E-state index is 0.159. The molecule has 1 atom stereocenters. The van der Waals surface area contributed by atoms with Crippen molar-refractivity contribution in [1.82, 2.24) is 4.57 Å². The SMILES string of the molecule is CCOC(=O)C1=C(C)N=c2s/c(=C\c3ccccc3OCc3ccc(C(=O)OCC)cc3)c(=O)n2[C@H]1c1cc(OC)c(OC)cc1Br. The van der Waals surface area contributed by atoms with Crippen LogP contribution in [0.3, 0.4) is 0 Å². The van der Waals surface area contributed by atoms with Crippen molar-refractivity contribution in [3.63, 3.8) is 0 Å². The molecule has 0 radical (unpaired) electrons. The number of thiazole rings is 1. The van der Waals surface area contributed by atoms with Crippen molar-refractivity contribution in [3.05, 3.63) is 118 Å². The Morgan fingerprint density at radius 2 is 1.60 bits per heavy atom. The third-order valence-electron chi connectivity index (χ3n) is 7.38. The first kappa shape index (κ1) is 33.7. The average Bonchev–Trinajstić information content (AvgIpc) is 3.37. The van der Waals surface area contributed by atoms with Crippen LogP contribution in [-0.2, 0) is 20.9 Å². The van der Waals surface area contributed by atoms with Crippen molar-refractivity contribution in [2.24, 2.45) is 4.99 Å². The van der Waals surface area contributed by atoms with Crippen LogP contribution in [0.25, 0.3) is 6.08 Å². The molecule has 4 aromatic rings. The number of hydrogen-bond donors (Lipinski definition) is 0. The molecule has 1 aromatic heterocycles. The molecule has 0 spiro atoms. The molecule has 0 aliphatic carbocycles. The number of esters is 2. The fourth-order valence-corrected chi connectivity index (χ4v) is 6.73. The Morgan fingerprint density at radius 1 is 0.936 bits per heavy atom. The summed E-state index contributed by atoms with van der Waals surface area (Å²) in [5.41, 5.74) is 2.97. The van der Waals surface area contributed by atoms with Gasteiger partial charge in [0, 0.05) is 10.0 Å². The normalized spacial score (nSPS) is 14.3. The highest BCUT2D eigenvalue weighted by Crippen LogP contribution is 2.40. The van der Waals surface area contributed by atoms with E-state index in [0.29, 0.717) is 60.0 Å². The number of halogens is 1. The van der Waals surface area contributed by atoms with Crippen molar-refractivity contribution in [2.75, 3.05) is 27.4 Å². The summed E-state index contributed by atoms with van der Waals surface area (Å²) in [5, 5.41) is 0. The van der Waals surface area contributed by atoms with Crippen LogP contribution in [0.5, 0.6) is 17.2 Å². The first-order valence-electron chi connectivity index (χ1n) is 14.8. The zero-order valence-electron chi connectivity index (χ0n) is 26.5. The molecule has 0 unspecified atom stereocenters. The molecule has 0 amide bonds. The molecule has 0 saturated heterocycles. The first-order chi connectivity index (χ1) is 22.7. The summed E-state index contributed by atoms with van der Waals surface area (Å²) >= 11 is 4.84. The third-order valence-corrected chi connectivity index (χ3v) is 9.05. The van der Waals surface area contributed by atoms with Gasteiger partial charge in [-0.1, -0.05) is 57.6 Å². The second kappa shape index (κ2) is 14.8. The summed E-state index contributed by atoms with van der Waals surface area (Å²) in [4.78, 5) is 44.6. The number of allylic oxidation sites excluding steroid dienone is 1. The monoisotopic (exact) mass is 720 g/mol. The van der Waals surface area contributed by atoms with Crippen LogP contribution >= 0.6 is 27.3 Å². The molecule has 0 saturated carbocycles. The number of benzene rings is 3. The number of para-hydroxylation sites is 1. The Kier molecular flexibility index (Phi) is 10.6. The second-order valence-electron chi connectivity index (χ2n) is 10.3. The van der Waals surface area contributed by atoms with Gasteiger partial charge in [0.25, 0.3) is 5.56 Å². The number of aromatic nitrogens is 1. The van der Waals surface area contributed by atoms with Crippen LogP contribution in [0.2, 0.25) is 0 Å². The molecule has 0 fully saturated rings. The highest BCUT2D eigenvalue weighted by molar-refractivity contribution is 9.10. The van der Waals surface area contributed by atoms with E-state index >= 15 is 0 Å². The van der Waals surface area contributed by atoms with E-state index < -0.39 is 12.0 Å². The summed E-state index contributed by atoms with van der Waals surface area (Å²) < 4.78 is 30.2. The van der Waals surface area contributed by atoms with Crippen LogP contribution in [-0.4, -0.2) is 43.9 Å². The van der Waals surface area contributed by atoms with Gasteiger partial charge in [-0.15, -0.1) is 0 Å². The number of hydrogen-bond acceptors (Lipinski definition) is 10. The van der Waals surface area contributed by atoms with Gasteiger partial charge in [-0.05, 0) is 68.3 Å². The maximum absolute atomic E-state index is 14.2. The molecule has 12 heteroatoms. The van der Waals surface area contributed by atoms with Crippen LogP contribution < -0.4 is 29.1 Å². The maximum atomic E-state index is 14.2. The molecule has 2 heterocycles. The van der Waals surface area contributed by atoms with Gasteiger partial charge in [0.1, 0.15) is 12.4 Å². The average molecular weight is 722 g/mol. The van der Waals surface area contributed by atoms with Crippen LogP contribution in [0, 0.1) is 0 Å². The Bertz CT molecular complexity index is 2030. The Morgan fingerprint density at radius 3 is 2.28 bits per heavy atom. The molecule has 0 N–H and O–H groups in total. The molecule has 10 nitrogen and oxygen atoms in total. The van der Waals surface area contributed by atoms with Gasteiger partial charge in [-0.3, -0.25) is 9.36 Å². The van der Waals surface area contributed by atoms with Crippen LogP contribution in [0.15, 0.2) is 86.2 Å². The topological polar surface area (TPSA) is 115 Å². The van der Waals surface area contributed by atoms with E-state index in [1.165, 1.54) is 30.1 Å². The van der Waals surface area contributed by atoms with Gasteiger partial charge >= 0.3 is 11.9 Å². The lowest BCUT2D eigenvalue weighted by Crippen LogP contribution is -2.40. The Balaban J connectivity index is 1.56. The van der Waals surface area contributed by atoms with Gasteiger partial charge in [0.05, 0.1) is 54.8 Å². The summed E-state index contributed by atoms with van der Waals surface area (Å²) in [6.45, 7) is 5.92. The standard InChI is InChI=1S/C35H33BrN2O8S/c1-6-44-33(40)22-14-12-21(13-15-22)19-46-26-11-9-8-10-23(26)16-29-32(39)38-31(24-17-27(42-4)28(43-5)18-25(24)36)30(34(41)45-7-2)20(3)37-35(38)47-29/h8-18,31H,6-7,19H2,1-5H3/b29-16-/t31-/m0/s1. The zero-order chi connectivity index (χ0) is 33.7. The van der Waals surface area contributed by atoms with Gasteiger partial charge in [0.2, 0.25) is 0 Å². The number of nitrogens with zero attached hydrogens (tertiary/aromatic N) is 2. The quantitative estimate of drug-likeness (QED) is 0.191. The molecule has 3 aromatic carbocycles. The molecule has 1 aliphatic heterocycles. The summed E-state index contributed by atoms with van der Waals surface area (Å²) in [5.74, 6) is 0.545. The van der Waals surface area contributed by atoms with Crippen LogP contribution in [0.4, 0.5) is 0 Å². The van der Waals surface area contributed by atoms with Gasteiger partial charge in [-0.25, -0.2) is 14.6 Å². The molecule has 0 bridgehead atoms. The van der Waals surface area contributed by atoms with E-state index in [0.717, 1.165) is 5.56 Å². The van der Waals surface area contributed by atoms with Gasteiger partial charge in [0.15, 0.2) is 16.3 Å². The Labute approximate surface area is 283 Å². The zero-order valence-corrected chi connectivity index (χ0v) is 28.9. The predicted octanol–water partition coefficient (Wildman–Crippen LogP) is 5.33. The number of rotatable bonds is 11. The Hall–Kier alpha value is -4.68. The number of carbonyl (C=O) groups is 2. The van der Waals surface area contributed by atoms with Crippen molar-refractivity contribution in [2.45, 2.75) is 33.4 Å². The smallest absolute Gasteiger partial charge is 0.338 e. The minimum atomic E-state index is -0.856. The maximum Gasteiger partial charge on any atom is 0.338 e. The van der Waals surface area contributed by atoms with Crippen LogP contribution in [0.1, 0.15) is 53.9 Å². The van der Waals surface area contributed by atoms with E-state index in [1.54, 1.807) is 51.1 Å². The lowest BCUT2D eigenvalue weighted by atomic mass is 9.95. The van der Waals surface area contributed by atoms with E-state index in [-0.39, 0.29) is 30.3 Å². The fraction of sp³-hybridized carbons (Fsp3) is 0.257. The number of methoxy groups -OCH3 is 2. The second-order valence-corrected chi connectivity index (χ2v) is 12.1. The number of ether oxygens (including phenoxy) is 5. The summed E-state index contributed by atoms with van der Waals surface area (Å²) in [6, 6.07) is 17.0. The highest BCUT2D eigenvalue weighted by atomic mass is 79.9. The van der Waals surface area contributed by atoms with Crippen molar-refractivity contribution in [1.29, 1.82) is 0 Å². The van der Waals surface area contributed by atoms with Crippen molar-refractivity contribution < 1.29 is 33.3 Å². The lowest BCUT2D eigenvalue weighted by molar-refractivity contribution is -0.139. The van der Waals surface area contributed by atoms with Gasteiger partial charge < -0.3 is 23.7 Å². The molecule has 244 valence electrons. The lowest BCUT2D eigenvalue weighted by Gasteiger charge is -2.26. The third kappa shape index (κ3) is 7.03. The summed E-state index contributed by atoms with van der Waals surface area (Å²) in [6.07, 6.45) is 1.76. The summed E-state index contributed by atoms with van der Waals surface area (Å²) in [7, 11) is 3.05. The van der Waals surface area contributed by atoms with Crippen molar-refractivity contribution in [3.8, 4) is 17.2 Å². The minimum Gasteiger partial charge on any atom is -0.493 e. The fourth-order valence-electron chi connectivity index (χ4n) is 5.15. The first-order valence-corrected chi connectivity index (χ1v) is 16.4. The molecule has 47 heavy (non-hydrogen) atoms. The van der Waals surface area contributed by atoms with E-state index in [4.69, 9.17) is 23.7 Å². The predicted molar refractivity (Wildman–Crippen MR) is 181 cm³/mol. The number of fused-ring (bicyclic) bond motifs is 1. The highest BCUT2D eigenvalue weighted by Gasteiger charge is 2.35. The number of carbonyl (C=O) groups excluding carboxylic acids is 2. The van der Waals surface area contributed by atoms with E-state index in [9.17, 15) is 14.4 Å². The largest absolute Gasteiger partial charge is 0.493 e. The molecular formula is C35H33BrN2O8S. The molecular weight excluding hydrogens is 688 g/mol. The molecule has 5 rings (SSSR count). The van der Waals surface area contributed by atoms with E-state index in [1.807, 2.05) is 36.4 Å². The van der Waals surface area contributed by atoms with Gasteiger partial charge in [-0.2, -0.15) is 0 Å². The molecule has 1 aliphatic rings. The van der Waals surface area contributed by atoms with E-state index in [2.05, 4.69) is 20.9 Å².